The quantitative estimate of drug-likeness (QED) is 0.878. The van der Waals surface area contributed by atoms with Crippen molar-refractivity contribution in [1.82, 2.24) is 20.0 Å². The Kier molecular flexibility index (Phi) is 5.87. The minimum absolute atomic E-state index is 0.0203. The van der Waals surface area contributed by atoms with Gasteiger partial charge in [-0.2, -0.15) is 5.10 Å². The van der Waals surface area contributed by atoms with E-state index in [0.717, 1.165) is 18.7 Å². The molecule has 0 radical (unpaired) electrons. The van der Waals surface area contributed by atoms with E-state index in [0.29, 0.717) is 5.56 Å². The maximum atomic E-state index is 12.6. The number of piperidine rings is 1. The summed E-state index contributed by atoms with van der Waals surface area (Å²) in [5.74, 6) is -0.0300. The molecule has 134 valence electrons. The molecule has 0 saturated carbocycles. The third-order valence-electron chi connectivity index (χ3n) is 5.00. The molecule has 5 nitrogen and oxygen atoms in total. The fourth-order valence-electron chi connectivity index (χ4n) is 3.49. The van der Waals surface area contributed by atoms with E-state index in [-0.39, 0.29) is 11.9 Å². The number of nitrogens with zero attached hydrogens (tertiary/aromatic N) is 3. The standard InChI is InChI=1S/C20H28N4O/c1-3-18(19-11-12-21-23(19)2)22-20(25)17-9-7-16(8-10-17)15-24-13-5-4-6-14-24/h7-12,18H,3-6,13-15H2,1-2H3,(H,22,25)/t18-/m0/s1. The second-order valence-electron chi connectivity index (χ2n) is 6.85. The molecule has 1 saturated heterocycles. The van der Waals surface area contributed by atoms with E-state index in [1.54, 1.807) is 6.20 Å². The van der Waals surface area contributed by atoms with Gasteiger partial charge in [-0.05, 0) is 56.1 Å². The SMILES string of the molecule is CC[C@H](NC(=O)c1ccc(CN2CCCCC2)cc1)c1ccnn1C. The zero-order chi connectivity index (χ0) is 17.6. The molecule has 1 fully saturated rings. The van der Waals surface area contributed by atoms with Crippen LogP contribution in [-0.2, 0) is 13.6 Å². The highest BCUT2D eigenvalue weighted by molar-refractivity contribution is 5.94. The highest BCUT2D eigenvalue weighted by atomic mass is 16.1. The summed E-state index contributed by atoms with van der Waals surface area (Å²) in [7, 11) is 1.90. The molecular formula is C20H28N4O. The lowest BCUT2D eigenvalue weighted by Gasteiger charge is -2.26. The molecule has 1 atom stereocenters. The molecule has 2 aromatic rings. The molecule has 5 heteroatoms. The van der Waals surface area contributed by atoms with Crippen molar-refractivity contribution in [3.05, 3.63) is 53.3 Å². The summed E-state index contributed by atoms with van der Waals surface area (Å²) < 4.78 is 1.82. The van der Waals surface area contributed by atoms with Crippen LogP contribution in [0.25, 0.3) is 0 Å². The Morgan fingerprint density at radius 2 is 1.88 bits per heavy atom. The van der Waals surface area contributed by atoms with Crippen LogP contribution < -0.4 is 5.32 Å². The fourth-order valence-corrected chi connectivity index (χ4v) is 3.49. The van der Waals surface area contributed by atoms with Crippen LogP contribution in [0.15, 0.2) is 36.5 Å². The van der Waals surface area contributed by atoms with Gasteiger partial charge in [0, 0.05) is 25.4 Å². The molecule has 0 spiro atoms. The van der Waals surface area contributed by atoms with Crippen molar-refractivity contribution in [2.75, 3.05) is 13.1 Å². The van der Waals surface area contributed by atoms with Crippen molar-refractivity contribution in [1.29, 1.82) is 0 Å². The normalized spacial score (nSPS) is 16.6. The average molecular weight is 340 g/mol. The highest BCUT2D eigenvalue weighted by Crippen LogP contribution is 2.17. The Morgan fingerprint density at radius 3 is 2.48 bits per heavy atom. The molecule has 3 rings (SSSR count). The molecule has 0 bridgehead atoms. The first-order chi connectivity index (χ1) is 12.2. The maximum Gasteiger partial charge on any atom is 0.251 e. The number of hydrogen-bond acceptors (Lipinski definition) is 3. The minimum Gasteiger partial charge on any atom is -0.344 e. The van der Waals surface area contributed by atoms with Crippen LogP contribution in [0.4, 0.5) is 0 Å². The molecule has 0 aliphatic carbocycles. The number of hydrogen-bond donors (Lipinski definition) is 1. The first-order valence-electron chi connectivity index (χ1n) is 9.27. The molecule has 1 aliphatic heterocycles. The van der Waals surface area contributed by atoms with Crippen LogP contribution in [-0.4, -0.2) is 33.7 Å². The Bertz CT molecular complexity index is 686. The second kappa shape index (κ2) is 8.30. The predicted molar refractivity (Wildman–Crippen MR) is 99.3 cm³/mol. The summed E-state index contributed by atoms with van der Waals surface area (Å²) in [5, 5.41) is 7.31. The second-order valence-corrected chi connectivity index (χ2v) is 6.85. The number of carbonyl (C=O) groups is 1. The number of amides is 1. The molecule has 25 heavy (non-hydrogen) atoms. The molecular weight excluding hydrogens is 312 g/mol. The van der Waals surface area contributed by atoms with Crippen LogP contribution in [0.1, 0.15) is 60.3 Å². The van der Waals surface area contributed by atoms with Crippen molar-refractivity contribution < 1.29 is 4.79 Å². The number of carbonyl (C=O) groups excluding carboxylic acids is 1. The lowest BCUT2D eigenvalue weighted by Crippen LogP contribution is -2.30. The van der Waals surface area contributed by atoms with E-state index in [1.165, 1.54) is 37.9 Å². The van der Waals surface area contributed by atoms with Gasteiger partial charge in [-0.1, -0.05) is 25.5 Å². The van der Waals surface area contributed by atoms with Crippen molar-refractivity contribution in [2.45, 2.75) is 45.2 Å². The monoisotopic (exact) mass is 340 g/mol. The van der Waals surface area contributed by atoms with Gasteiger partial charge < -0.3 is 5.32 Å². The van der Waals surface area contributed by atoms with E-state index < -0.39 is 0 Å². The summed E-state index contributed by atoms with van der Waals surface area (Å²) in [6.45, 7) is 5.42. The summed E-state index contributed by atoms with van der Waals surface area (Å²) in [4.78, 5) is 15.1. The topological polar surface area (TPSA) is 50.2 Å². The van der Waals surface area contributed by atoms with E-state index in [2.05, 4.69) is 34.4 Å². The van der Waals surface area contributed by atoms with Gasteiger partial charge in [-0.15, -0.1) is 0 Å². The Labute approximate surface area is 150 Å². The van der Waals surface area contributed by atoms with Crippen LogP contribution >= 0.6 is 0 Å². The van der Waals surface area contributed by atoms with Crippen LogP contribution in [0.5, 0.6) is 0 Å². The first-order valence-corrected chi connectivity index (χ1v) is 9.27. The lowest BCUT2D eigenvalue weighted by atomic mass is 10.1. The number of likely N-dealkylation sites (tertiary alicyclic amines) is 1. The first kappa shape index (κ1) is 17.7. The van der Waals surface area contributed by atoms with Gasteiger partial charge in [0.15, 0.2) is 0 Å². The third kappa shape index (κ3) is 4.48. The van der Waals surface area contributed by atoms with E-state index in [9.17, 15) is 4.79 Å². The van der Waals surface area contributed by atoms with Crippen LogP contribution in [0, 0.1) is 0 Å². The molecule has 0 unspecified atom stereocenters. The number of aromatic nitrogens is 2. The van der Waals surface area contributed by atoms with Gasteiger partial charge in [0.25, 0.3) is 5.91 Å². The number of nitrogens with one attached hydrogen (secondary N) is 1. The van der Waals surface area contributed by atoms with E-state index >= 15 is 0 Å². The zero-order valence-corrected chi connectivity index (χ0v) is 15.2. The van der Waals surface area contributed by atoms with Gasteiger partial charge >= 0.3 is 0 Å². The smallest absolute Gasteiger partial charge is 0.251 e. The van der Waals surface area contributed by atoms with E-state index in [1.807, 2.05) is 29.9 Å². The van der Waals surface area contributed by atoms with E-state index in [4.69, 9.17) is 0 Å². The molecule has 1 aromatic carbocycles. The molecule has 1 aromatic heterocycles. The lowest BCUT2D eigenvalue weighted by molar-refractivity contribution is 0.0934. The average Bonchev–Trinajstić information content (AvgIpc) is 3.07. The summed E-state index contributed by atoms with van der Waals surface area (Å²) >= 11 is 0. The van der Waals surface area contributed by atoms with Crippen LogP contribution in [0.2, 0.25) is 0 Å². The van der Waals surface area contributed by atoms with Gasteiger partial charge in [0.05, 0.1) is 11.7 Å². The van der Waals surface area contributed by atoms with Crippen LogP contribution in [0.3, 0.4) is 0 Å². The van der Waals surface area contributed by atoms with Crippen molar-refractivity contribution in [2.24, 2.45) is 7.05 Å². The molecule has 1 aliphatic rings. The van der Waals surface area contributed by atoms with Gasteiger partial charge in [-0.3, -0.25) is 14.4 Å². The van der Waals surface area contributed by atoms with Gasteiger partial charge in [-0.25, -0.2) is 0 Å². The Morgan fingerprint density at radius 1 is 1.16 bits per heavy atom. The predicted octanol–water partition coefficient (Wildman–Crippen LogP) is 3.29. The van der Waals surface area contributed by atoms with Crippen molar-refractivity contribution in [3.8, 4) is 0 Å². The summed E-state index contributed by atoms with van der Waals surface area (Å²) in [5.41, 5.74) is 3.01. The molecule has 1 N–H and O–H groups in total. The number of benzene rings is 1. The fraction of sp³-hybridized carbons (Fsp3) is 0.500. The Hall–Kier alpha value is -2.14. The number of rotatable bonds is 6. The van der Waals surface area contributed by atoms with Gasteiger partial charge in [0.1, 0.15) is 0 Å². The minimum atomic E-state index is -0.0300. The molecule has 2 heterocycles. The van der Waals surface area contributed by atoms with Gasteiger partial charge in [0.2, 0.25) is 0 Å². The highest BCUT2D eigenvalue weighted by Gasteiger charge is 2.17. The number of aryl methyl sites for hydroxylation is 1. The largest absolute Gasteiger partial charge is 0.344 e. The molecule has 1 amide bonds. The maximum absolute atomic E-state index is 12.6. The third-order valence-corrected chi connectivity index (χ3v) is 5.00. The summed E-state index contributed by atoms with van der Waals surface area (Å²) in [6.07, 6.45) is 6.54. The van der Waals surface area contributed by atoms with Crippen molar-refractivity contribution >= 4 is 5.91 Å². The zero-order valence-electron chi connectivity index (χ0n) is 15.2. The summed E-state index contributed by atoms with van der Waals surface area (Å²) in [6, 6.07) is 9.96. The Balaban J connectivity index is 1.61. The van der Waals surface area contributed by atoms with Crippen molar-refractivity contribution in [3.63, 3.8) is 0 Å².